The van der Waals surface area contributed by atoms with Crippen molar-refractivity contribution in [2.24, 2.45) is 5.92 Å². The molecule has 4 heterocycles. The summed E-state index contributed by atoms with van der Waals surface area (Å²) in [5.41, 5.74) is 0.971. The largest absolute Gasteiger partial charge is 0.383 e. The summed E-state index contributed by atoms with van der Waals surface area (Å²) in [6.45, 7) is 2.88. The first-order valence-electron chi connectivity index (χ1n) is 8.26. The molecule has 5 rings (SSSR count). The van der Waals surface area contributed by atoms with Gasteiger partial charge in [0.25, 0.3) is 0 Å². The molecule has 1 aromatic carbocycles. The number of thiazole rings is 1. The molecular formula is C17H20ClN3O2S. The average molecular weight is 366 g/mol. The number of rotatable bonds is 4. The van der Waals surface area contributed by atoms with Crippen molar-refractivity contribution in [3.8, 4) is 0 Å². The number of benzene rings is 1. The van der Waals surface area contributed by atoms with Crippen molar-refractivity contribution in [1.82, 2.24) is 9.88 Å². The minimum absolute atomic E-state index is 0.0659. The van der Waals surface area contributed by atoms with Crippen molar-refractivity contribution >= 4 is 44.2 Å². The molecule has 3 aliphatic heterocycles. The van der Waals surface area contributed by atoms with Crippen LogP contribution in [0.1, 0.15) is 12.8 Å². The monoisotopic (exact) mass is 365 g/mol. The Labute approximate surface area is 150 Å². The third kappa shape index (κ3) is 2.87. The van der Waals surface area contributed by atoms with Crippen LogP contribution in [0, 0.1) is 5.92 Å². The molecule has 0 N–H and O–H groups in total. The highest BCUT2D eigenvalue weighted by Gasteiger charge is 2.41. The van der Waals surface area contributed by atoms with Crippen molar-refractivity contribution in [2.45, 2.75) is 18.9 Å². The van der Waals surface area contributed by atoms with Crippen LogP contribution in [-0.2, 0) is 9.53 Å². The lowest BCUT2D eigenvalue weighted by atomic mass is 9.94. The molecule has 2 atom stereocenters. The van der Waals surface area contributed by atoms with Gasteiger partial charge in [-0.25, -0.2) is 4.98 Å². The highest BCUT2D eigenvalue weighted by atomic mass is 35.5. The van der Waals surface area contributed by atoms with Crippen LogP contribution in [0.3, 0.4) is 0 Å². The van der Waals surface area contributed by atoms with Crippen molar-refractivity contribution < 1.29 is 9.53 Å². The van der Waals surface area contributed by atoms with Gasteiger partial charge in [-0.3, -0.25) is 4.79 Å². The highest BCUT2D eigenvalue weighted by molar-refractivity contribution is 7.22. The van der Waals surface area contributed by atoms with Crippen molar-refractivity contribution in [2.75, 3.05) is 38.3 Å². The quantitative estimate of drug-likeness (QED) is 0.835. The highest BCUT2D eigenvalue weighted by Crippen LogP contribution is 2.35. The predicted molar refractivity (Wildman–Crippen MR) is 96.9 cm³/mol. The number of methoxy groups -OCH3 is 1. The van der Waals surface area contributed by atoms with Gasteiger partial charge in [0, 0.05) is 37.8 Å². The Morgan fingerprint density at radius 1 is 1.38 bits per heavy atom. The van der Waals surface area contributed by atoms with Crippen LogP contribution < -0.4 is 4.90 Å². The Morgan fingerprint density at radius 3 is 3.08 bits per heavy atom. The van der Waals surface area contributed by atoms with E-state index >= 15 is 0 Å². The third-order valence-corrected chi connectivity index (χ3v) is 6.25. The van der Waals surface area contributed by atoms with Gasteiger partial charge in [-0.15, -0.1) is 0 Å². The molecule has 0 saturated carbocycles. The first-order valence-corrected chi connectivity index (χ1v) is 9.45. The molecule has 5 nitrogen and oxygen atoms in total. The molecule has 0 spiro atoms. The molecule has 24 heavy (non-hydrogen) atoms. The second kappa shape index (κ2) is 6.50. The van der Waals surface area contributed by atoms with Crippen LogP contribution in [0.4, 0.5) is 5.13 Å². The molecule has 1 amide bonds. The van der Waals surface area contributed by atoms with Crippen LogP contribution in [0.25, 0.3) is 10.2 Å². The number of anilines is 1. The number of amides is 1. The van der Waals surface area contributed by atoms with Gasteiger partial charge in [0.2, 0.25) is 5.91 Å². The second-order valence-corrected chi connectivity index (χ2v) is 7.91. The first kappa shape index (κ1) is 16.1. The molecule has 7 heteroatoms. The zero-order chi connectivity index (χ0) is 16.7. The Bertz CT molecular complexity index is 765. The van der Waals surface area contributed by atoms with Gasteiger partial charge in [0.1, 0.15) is 0 Å². The van der Waals surface area contributed by atoms with Crippen molar-refractivity contribution in [1.29, 1.82) is 0 Å². The van der Waals surface area contributed by atoms with E-state index in [0.29, 0.717) is 13.2 Å². The number of halogens is 1. The first-order chi connectivity index (χ1) is 11.7. The third-order valence-electron chi connectivity index (χ3n) is 4.94. The van der Waals surface area contributed by atoms with Gasteiger partial charge in [-0.1, -0.05) is 22.9 Å². The Hall–Kier alpha value is -1.37. The Kier molecular flexibility index (Phi) is 4.37. The van der Waals surface area contributed by atoms with Crippen molar-refractivity contribution in [3.05, 3.63) is 23.2 Å². The summed E-state index contributed by atoms with van der Waals surface area (Å²) in [4.78, 5) is 21.8. The van der Waals surface area contributed by atoms with E-state index in [9.17, 15) is 4.79 Å². The van der Waals surface area contributed by atoms with Crippen LogP contribution in [0.2, 0.25) is 5.02 Å². The molecule has 0 aliphatic carbocycles. The van der Waals surface area contributed by atoms with E-state index in [1.807, 2.05) is 23.1 Å². The van der Waals surface area contributed by atoms with Crippen LogP contribution >= 0.6 is 22.9 Å². The number of nitrogens with zero attached hydrogens (tertiary/aromatic N) is 3. The fourth-order valence-electron chi connectivity index (χ4n) is 3.70. The van der Waals surface area contributed by atoms with E-state index in [1.165, 1.54) is 0 Å². The zero-order valence-electron chi connectivity index (χ0n) is 13.6. The topological polar surface area (TPSA) is 45.7 Å². The SMILES string of the molecule is COCCN1C(=O)[C@@H]2CC[C@H]1CN(c1nc3ccc(Cl)cc3s1)C2. The molecule has 1 aromatic heterocycles. The van der Waals surface area contributed by atoms with Crippen molar-refractivity contribution in [3.63, 3.8) is 0 Å². The maximum absolute atomic E-state index is 12.7. The minimum Gasteiger partial charge on any atom is -0.383 e. The summed E-state index contributed by atoms with van der Waals surface area (Å²) in [5.74, 6) is 0.339. The number of hydrogen-bond donors (Lipinski definition) is 0. The van der Waals surface area contributed by atoms with E-state index in [4.69, 9.17) is 21.3 Å². The van der Waals surface area contributed by atoms with Crippen LogP contribution in [0.5, 0.6) is 0 Å². The van der Waals surface area contributed by atoms with Gasteiger partial charge < -0.3 is 14.5 Å². The van der Waals surface area contributed by atoms with Gasteiger partial charge in [-0.05, 0) is 31.0 Å². The summed E-state index contributed by atoms with van der Waals surface area (Å²) in [6.07, 6.45) is 2.04. The molecule has 3 saturated heterocycles. The molecular weight excluding hydrogens is 346 g/mol. The molecule has 0 radical (unpaired) electrons. The van der Waals surface area contributed by atoms with E-state index < -0.39 is 0 Å². The lowest BCUT2D eigenvalue weighted by molar-refractivity contribution is -0.140. The summed E-state index contributed by atoms with van der Waals surface area (Å²) >= 11 is 7.74. The zero-order valence-corrected chi connectivity index (χ0v) is 15.1. The van der Waals surface area contributed by atoms with Gasteiger partial charge in [-0.2, -0.15) is 0 Å². The smallest absolute Gasteiger partial charge is 0.227 e. The van der Waals surface area contributed by atoms with E-state index in [-0.39, 0.29) is 17.9 Å². The number of hydrogen-bond acceptors (Lipinski definition) is 5. The molecule has 3 aliphatic rings. The minimum atomic E-state index is 0.0659. The Morgan fingerprint density at radius 2 is 2.25 bits per heavy atom. The maximum atomic E-state index is 12.7. The van der Waals surface area contributed by atoms with Crippen LogP contribution in [-0.4, -0.2) is 55.2 Å². The lowest BCUT2D eigenvalue weighted by Gasteiger charge is -2.35. The molecule has 2 bridgehead atoms. The van der Waals surface area contributed by atoms with E-state index in [2.05, 4.69) is 4.90 Å². The lowest BCUT2D eigenvalue weighted by Crippen LogP contribution is -2.49. The summed E-state index contributed by atoms with van der Waals surface area (Å²) < 4.78 is 6.27. The maximum Gasteiger partial charge on any atom is 0.227 e. The second-order valence-electron chi connectivity index (χ2n) is 6.47. The summed E-state index contributed by atoms with van der Waals surface area (Å²) in [7, 11) is 1.68. The summed E-state index contributed by atoms with van der Waals surface area (Å²) in [6, 6.07) is 6.04. The number of ether oxygens (including phenoxy) is 1. The molecule has 128 valence electrons. The Balaban J connectivity index is 1.61. The van der Waals surface area contributed by atoms with Gasteiger partial charge in [0.15, 0.2) is 5.13 Å². The molecule has 2 aromatic rings. The standard InChI is InChI=1S/C17H20ClN3O2S/c1-23-7-6-21-13-4-2-11(16(21)22)9-20(10-13)17-19-14-5-3-12(18)8-15(14)24-17/h3,5,8,11,13H,2,4,6-7,9-10H2,1H3/t11-,13+/m1/s1. The fourth-order valence-corrected chi connectivity index (χ4v) is 4.96. The number of aromatic nitrogens is 1. The summed E-state index contributed by atoms with van der Waals surface area (Å²) in [5, 5.41) is 1.72. The molecule has 0 unspecified atom stereocenters. The molecule has 3 fully saturated rings. The number of piperidine rings is 1. The average Bonchev–Trinajstić information content (AvgIpc) is 2.79. The van der Waals surface area contributed by atoms with E-state index in [1.54, 1.807) is 18.4 Å². The van der Waals surface area contributed by atoms with E-state index in [0.717, 1.165) is 46.3 Å². The van der Waals surface area contributed by atoms with Crippen LogP contribution in [0.15, 0.2) is 18.2 Å². The van der Waals surface area contributed by atoms with Gasteiger partial charge in [0.05, 0.1) is 22.7 Å². The number of carbonyl (C=O) groups is 1. The number of fused-ring (bicyclic) bond motifs is 5. The number of carbonyl (C=O) groups excluding carboxylic acids is 1. The fraction of sp³-hybridized carbons (Fsp3) is 0.529. The van der Waals surface area contributed by atoms with Gasteiger partial charge >= 0.3 is 0 Å². The predicted octanol–water partition coefficient (Wildman–Crippen LogP) is 3.02. The normalized spacial score (nSPS) is 24.0.